The molecule has 0 saturated carbocycles. The van der Waals surface area contributed by atoms with Crippen molar-refractivity contribution in [1.29, 1.82) is 0 Å². The van der Waals surface area contributed by atoms with Crippen molar-refractivity contribution in [3.05, 3.63) is 70.5 Å². The van der Waals surface area contributed by atoms with E-state index in [1.54, 1.807) is 27.7 Å². The van der Waals surface area contributed by atoms with Gasteiger partial charge in [0.2, 0.25) is 5.95 Å². The van der Waals surface area contributed by atoms with Crippen LogP contribution >= 0.6 is 0 Å². The molecule has 2 N–H and O–H groups in total. The smallest absolute Gasteiger partial charge is 0.260 e. The van der Waals surface area contributed by atoms with E-state index in [0.717, 1.165) is 37.2 Å². The first kappa shape index (κ1) is 30.1. The van der Waals surface area contributed by atoms with Crippen molar-refractivity contribution in [2.75, 3.05) is 36.5 Å². The summed E-state index contributed by atoms with van der Waals surface area (Å²) in [6.07, 6.45) is 6.52. The number of halogens is 1. The highest BCUT2D eigenvalue weighted by atomic mass is 19.1. The molecular formula is C33H38FN9O3. The normalized spacial score (nSPS) is 19.2. The molecule has 13 heteroatoms. The summed E-state index contributed by atoms with van der Waals surface area (Å²) in [6.45, 7) is 11.3. The number of nitrogens with zero attached hydrogens (tertiary/aromatic N) is 7. The molecule has 7 rings (SSSR count). The van der Waals surface area contributed by atoms with Crippen LogP contribution in [-0.2, 0) is 11.3 Å². The maximum atomic E-state index is 15.4. The van der Waals surface area contributed by atoms with Gasteiger partial charge in [0.25, 0.3) is 5.56 Å². The highest BCUT2D eigenvalue weighted by molar-refractivity contribution is 5.83. The van der Waals surface area contributed by atoms with E-state index in [-0.39, 0.29) is 35.3 Å². The molecule has 2 atom stereocenters. The molecule has 5 aromatic rings. The lowest BCUT2D eigenvalue weighted by atomic mass is 9.99. The highest BCUT2D eigenvalue weighted by Crippen LogP contribution is 2.30. The number of benzene rings is 1. The third-order valence-corrected chi connectivity index (χ3v) is 8.94. The van der Waals surface area contributed by atoms with Crippen molar-refractivity contribution in [3.63, 3.8) is 0 Å². The molecule has 2 aliphatic heterocycles. The SMILES string of the molecule is Cc1nn(-c2cnoc2)c(C)c1-c1cc2cnc(Nc3ccc(N4C[C@@H](C)N[C@@H](C)C4)c(F)c3)nc2n(CC2CCOCC2)c1=O. The second kappa shape index (κ2) is 12.3. The van der Waals surface area contributed by atoms with E-state index in [1.165, 1.54) is 12.3 Å². The van der Waals surface area contributed by atoms with E-state index in [1.807, 2.05) is 26.0 Å². The van der Waals surface area contributed by atoms with Crippen LogP contribution in [0.25, 0.3) is 27.8 Å². The van der Waals surface area contributed by atoms with Gasteiger partial charge in [-0.25, -0.2) is 14.1 Å². The van der Waals surface area contributed by atoms with Gasteiger partial charge >= 0.3 is 0 Å². The third kappa shape index (κ3) is 5.76. The first-order chi connectivity index (χ1) is 22.2. The van der Waals surface area contributed by atoms with Gasteiger partial charge in [-0.3, -0.25) is 9.36 Å². The largest absolute Gasteiger partial charge is 0.381 e. The zero-order valence-corrected chi connectivity index (χ0v) is 26.5. The van der Waals surface area contributed by atoms with E-state index in [4.69, 9.17) is 14.2 Å². The zero-order chi connectivity index (χ0) is 31.9. The maximum absolute atomic E-state index is 15.4. The number of ether oxygens (including phenoxy) is 1. The van der Waals surface area contributed by atoms with Crippen LogP contribution in [0.1, 0.15) is 38.1 Å². The number of aryl methyl sites for hydroxylation is 1. The van der Waals surface area contributed by atoms with Crippen LogP contribution in [0.3, 0.4) is 0 Å². The second-order valence-electron chi connectivity index (χ2n) is 12.5. The van der Waals surface area contributed by atoms with E-state index >= 15 is 4.39 Å². The lowest BCUT2D eigenvalue weighted by molar-refractivity contribution is 0.0613. The molecule has 46 heavy (non-hydrogen) atoms. The molecule has 0 bridgehead atoms. The van der Waals surface area contributed by atoms with Crippen LogP contribution in [0.2, 0.25) is 0 Å². The number of hydrogen-bond acceptors (Lipinski definition) is 10. The first-order valence-electron chi connectivity index (χ1n) is 15.8. The van der Waals surface area contributed by atoms with Gasteiger partial charge in [0, 0.05) is 73.5 Å². The molecule has 240 valence electrons. The van der Waals surface area contributed by atoms with Gasteiger partial charge in [-0.1, -0.05) is 5.16 Å². The molecule has 2 aliphatic rings. The zero-order valence-electron chi connectivity index (χ0n) is 26.5. The van der Waals surface area contributed by atoms with Crippen LogP contribution in [0.15, 0.2) is 52.2 Å². The Hall–Kier alpha value is -4.62. The summed E-state index contributed by atoms with van der Waals surface area (Å²) in [7, 11) is 0. The molecule has 0 amide bonds. The Morgan fingerprint density at radius 2 is 1.87 bits per heavy atom. The average Bonchev–Trinajstić information content (AvgIpc) is 3.66. The number of aromatic nitrogens is 6. The van der Waals surface area contributed by atoms with Gasteiger partial charge in [-0.05, 0) is 70.7 Å². The molecular weight excluding hydrogens is 589 g/mol. The summed E-state index contributed by atoms with van der Waals surface area (Å²) in [6, 6.07) is 7.47. The Kier molecular flexibility index (Phi) is 8.03. The summed E-state index contributed by atoms with van der Waals surface area (Å²) in [4.78, 5) is 25.8. The Morgan fingerprint density at radius 1 is 1.09 bits per heavy atom. The predicted octanol–water partition coefficient (Wildman–Crippen LogP) is 4.74. The molecule has 6 heterocycles. The quantitative estimate of drug-likeness (QED) is 0.261. The molecule has 2 saturated heterocycles. The van der Waals surface area contributed by atoms with Gasteiger partial charge in [0.15, 0.2) is 0 Å². The summed E-state index contributed by atoms with van der Waals surface area (Å²) < 4.78 is 29.5. The second-order valence-corrected chi connectivity index (χ2v) is 12.5. The van der Waals surface area contributed by atoms with Crippen molar-refractivity contribution >= 4 is 28.4 Å². The van der Waals surface area contributed by atoms with Gasteiger partial charge in [-0.15, -0.1) is 0 Å². The topological polar surface area (TPSA) is 128 Å². The highest BCUT2D eigenvalue weighted by Gasteiger charge is 2.25. The fraction of sp³-hybridized carbons (Fsp3) is 0.424. The van der Waals surface area contributed by atoms with Crippen molar-refractivity contribution in [1.82, 2.24) is 34.8 Å². The molecule has 0 spiro atoms. The van der Waals surface area contributed by atoms with Crippen molar-refractivity contribution in [3.8, 4) is 16.8 Å². The molecule has 0 radical (unpaired) electrons. The summed E-state index contributed by atoms with van der Waals surface area (Å²) in [5.74, 6) is 0.227. The van der Waals surface area contributed by atoms with E-state index in [0.29, 0.717) is 59.1 Å². The van der Waals surface area contributed by atoms with E-state index in [9.17, 15) is 4.79 Å². The monoisotopic (exact) mass is 627 g/mol. The van der Waals surface area contributed by atoms with Gasteiger partial charge in [0.05, 0.1) is 23.1 Å². The third-order valence-electron chi connectivity index (χ3n) is 8.94. The number of piperazine rings is 1. The maximum Gasteiger partial charge on any atom is 0.260 e. The fourth-order valence-corrected chi connectivity index (χ4v) is 6.84. The minimum Gasteiger partial charge on any atom is -0.381 e. The molecule has 1 aromatic carbocycles. The van der Waals surface area contributed by atoms with Gasteiger partial charge in [0.1, 0.15) is 23.4 Å². The lowest BCUT2D eigenvalue weighted by Gasteiger charge is -2.37. The van der Waals surface area contributed by atoms with Gasteiger partial charge in [-0.2, -0.15) is 10.1 Å². The summed E-state index contributed by atoms with van der Waals surface area (Å²) >= 11 is 0. The number of fused-ring (bicyclic) bond motifs is 1. The molecule has 0 aliphatic carbocycles. The summed E-state index contributed by atoms with van der Waals surface area (Å²) in [5, 5.41) is 15.8. The predicted molar refractivity (Wildman–Crippen MR) is 173 cm³/mol. The number of anilines is 3. The summed E-state index contributed by atoms with van der Waals surface area (Å²) in [5.41, 5.74) is 4.91. The van der Waals surface area contributed by atoms with Gasteiger partial charge < -0.3 is 24.8 Å². The van der Waals surface area contributed by atoms with E-state index in [2.05, 4.69) is 44.6 Å². The van der Waals surface area contributed by atoms with Crippen LogP contribution in [0, 0.1) is 25.6 Å². The first-order valence-corrected chi connectivity index (χ1v) is 15.8. The Labute approximate surface area is 265 Å². The average molecular weight is 628 g/mol. The van der Waals surface area contributed by atoms with Crippen molar-refractivity contribution < 1.29 is 13.7 Å². The molecule has 0 unspecified atom stereocenters. The van der Waals surface area contributed by atoms with Crippen LogP contribution in [0.4, 0.5) is 21.7 Å². The standard InChI is InChI=1S/C33H38FN9O3/c1-19-15-41(16-20(2)37-19)29-6-5-25(12-28(29)34)38-33-35-13-24-11-27(30-21(3)40-43(22(30)4)26-14-36-46-18-26)32(44)42(31(24)39-33)17-23-7-9-45-10-8-23/h5-6,11-14,18-20,23,37H,7-10,15-17H2,1-4H3,(H,35,38,39)/t19-,20+. The Morgan fingerprint density at radius 3 is 2.59 bits per heavy atom. The van der Waals surface area contributed by atoms with Crippen LogP contribution < -0.4 is 21.1 Å². The Balaban J connectivity index is 1.26. The molecule has 4 aromatic heterocycles. The minimum absolute atomic E-state index is 0.158. The number of hydrogen-bond donors (Lipinski definition) is 2. The minimum atomic E-state index is -0.314. The molecule has 12 nitrogen and oxygen atoms in total. The molecule has 2 fully saturated rings. The Bertz CT molecular complexity index is 1920. The van der Waals surface area contributed by atoms with Crippen LogP contribution in [0.5, 0.6) is 0 Å². The van der Waals surface area contributed by atoms with E-state index < -0.39 is 0 Å². The number of nitrogens with one attached hydrogen (secondary N) is 2. The van der Waals surface area contributed by atoms with Crippen molar-refractivity contribution in [2.45, 2.75) is 59.2 Å². The lowest BCUT2D eigenvalue weighted by Crippen LogP contribution is -2.54. The number of pyridine rings is 1. The van der Waals surface area contributed by atoms with Crippen LogP contribution in [-0.4, -0.2) is 67.9 Å². The van der Waals surface area contributed by atoms with Crippen molar-refractivity contribution in [2.24, 2.45) is 5.92 Å². The fourth-order valence-electron chi connectivity index (χ4n) is 6.84. The number of rotatable bonds is 7.